The fraction of sp³-hybridized carbons (Fsp3) is 0.529. The third-order valence-electron chi connectivity index (χ3n) is 4.19. The Morgan fingerprint density at radius 1 is 1.22 bits per heavy atom. The lowest BCUT2D eigenvalue weighted by Crippen LogP contribution is -2.46. The molecular weight excluding hydrogens is 374 g/mol. The predicted octanol–water partition coefficient (Wildman–Crippen LogP) is 1.97. The van der Waals surface area contributed by atoms with Crippen molar-refractivity contribution in [3.05, 3.63) is 23.0 Å². The quantitative estimate of drug-likeness (QED) is 0.443. The van der Waals surface area contributed by atoms with E-state index in [9.17, 15) is 14.4 Å². The molecule has 1 aliphatic rings. The summed E-state index contributed by atoms with van der Waals surface area (Å²) in [5.74, 6) is -1.06. The highest BCUT2D eigenvalue weighted by atomic mass is 35.5. The standard InChI is InChI=1S/C17H24ClN5O4/c1-9(2)21-13-7-14(18)20-8-12(13)16(25)23-22-15(24)10-3-5-11(6-4-10)27-17(19)26/h7-11H,3-6H2,1-2H3,(H2,19,26)(H,20,21)(H,22,24)(H,23,25)/t10-,11-. The molecule has 1 saturated carbocycles. The second-order valence-corrected chi connectivity index (χ2v) is 7.09. The number of nitrogens with two attached hydrogens (primary N) is 1. The molecule has 1 fully saturated rings. The summed E-state index contributed by atoms with van der Waals surface area (Å²) in [7, 11) is 0. The van der Waals surface area contributed by atoms with Crippen LogP contribution in [-0.2, 0) is 9.53 Å². The number of carbonyl (C=O) groups is 3. The Hall–Kier alpha value is -2.55. The third-order valence-corrected chi connectivity index (χ3v) is 4.39. The van der Waals surface area contributed by atoms with E-state index < -0.39 is 12.0 Å². The Morgan fingerprint density at radius 2 is 1.89 bits per heavy atom. The van der Waals surface area contributed by atoms with Crippen molar-refractivity contribution in [3.63, 3.8) is 0 Å². The minimum atomic E-state index is -0.808. The van der Waals surface area contributed by atoms with E-state index in [0.29, 0.717) is 31.4 Å². The van der Waals surface area contributed by atoms with Crippen LogP contribution >= 0.6 is 11.6 Å². The zero-order valence-electron chi connectivity index (χ0n) is 15.3. The molecular formula is C17H24ClN5O4. The van der Waals surface area contributed by atoms with Crippen molar-refractivity contribution in [3.8, 4) is 0 Å². The average molecular weight is 398 g/mol. The fourth-order valence-electron chi connectivity index (χ4n) is 2.94. The second-order valence-electron chi connectivity index (χ2n) is 6.71. The molecule has 2 rings (SSSR count). The average Bonchev–Trinajstić information content (AvgIpc) is 2.59. The summed E-state index contributed by atoms with van der Waals surface area (Å²) in [6.07, 6.45) is 2.48. The Balaban J connectivity index is 1.89. The van der Waals surface area contributed by atoms with Gasteiger partial charge in [-0.25, -0.2) is 9.78 Å². The van der Waals surface area contributed by atoms with E-state index in [0.717, 1.165) is 0 Å². The molecule has 1 aliphatic carbocycles. The number of nitrogens with one attached hydrogen (secondary N) is 3. The molecule has 0 saturated heterocycles. The van der Waals surface area contributed by atoms with E-state index in [1.807, 2.05) is 13.8 Å². The molecule has 0 atom stereocenters. The van der Waals surface area contributed by atoms with Crippen LogP contribution in [0.15, 0.2) is 12.3 Å². The molecule has 1 heterocycles. The van der Waals surface area contributed by atoms with Crippen molar-refractivity contribution in [2.45, 2.75) is 51.7 Å². The molecule has 0 aromatic carbocycles. The van der Waals surface area contributed by atoms with Gasteiger partial charge in [-0.2, -0.15) is 0 Å². The first-order valence-corrected chi connectivity index (χ1v) is 9.12. The van der Waals surface area contributed by atoms with Crippen LogP contribution in [0.1, 0.15) is 49.9 Å². The molecule has 9 nitrogen and oxygen atoms in total. The number of halogens is 1. The molecule has 0 radical (unpaired) electrons. The van der Waals surface area contributed by atoms with Gasteiger partial charge in [0, 0.05) is 18.2 Å². The van der Waals surface area contributed by atoms with Crippen LogP contribution < -0.4 is 21.9 Å². The molecule has 5 N–H and O–H groups in total. The maximum absolute atomic E-state index is 12.4. The van der Waals surface area contributed by atoms with Crippen LogP contribution in [-0.4, -0.2) is 35.0 Å². The first-order valence-electron chi connectivity index (χ1n) is 8.74. The molecule has 0 aliphatic heterocycles. The highest BCUT2D eigenvalue weighted by Gasteiger charge is 2.28. The molecule has 0 unspecified atom stereocenters. The minimum Gasteiger partial charge on any atom is -0.446 e. The monoisotopic (exact) mass is 397 g/mol. The number of carbonyl (C=O) groups excluding carboxylic acids is 3. The highest BCUT2D eigenvalue weighted by molar-refractivity contribution is 6.29. The number of rotatable bonds is 5. The van der Waals surface area contributed by atoms with Crippen LogP contribution in [0.2, 0.25) is 5.15 Å². The number of aromatic nitrogens is 1. The maximum atomic E-state index is 12.4. The summed E-state index contributed by atoms with van der Waals surface area (Å²) in [5.41, 5.74) is 10.6. The predicted molar refractivity (Wildman–Crippen MR) is 100 cm³/mol. The lowest BCUT2D eigenvalue weighted by atomic mass is 9.87. The highest BCUT2D eigenvalue weighted by Crippen LogP contribution is 2.26. The van der Waals surface area contributed by atoms with Crippen molar-refractivity contribution in [2.75, 3.05) is 5.32 Å². The number of hydrogen-bond donors (Lipinski definition) is 4. The summed E-state index contributed by atoms with van der Waals surface area (Å²) in [5, 5.41) is 3.37. The van der Waals surface area contributed by atoms with E-state index in [-0.39, 0.29) is 34.7 Å². The largest absolute Gasteiger partial charge is 0.446 e. The van der Waals surface area contributed by atoms with Crippen LogP contribution in [0, 0.1) is 5.92 Å². The zero-order valence-corrected chi connectivity index (χ0v) is 16.0. The van der Waals surface area contributed by atoms with Gasteiger partial charge in [0.15, 0.2) is 0 Å². The third kappa shape index (κ3) is 6.28. The number of nitrogens with zero attached hydrogens (tertiary/aromatic N) is 1. The van der Waals surface area contributed by atoms with E-state index >= 15 is 0 Å². The molecule has 10 heteroatoms. The summed E-state index contributed by atoms with van der Waals surface area (Å²) >= 11 is 5.89. The van der Waals surface area contributed by atoms with Gasteiger partial charge in [0.2, 0.25) is 5.91 Å². The van der Waals surface area contributed by atoms with Gasteiger partial charge >= 0.3 is 6.09 Å². The van der Waals surface area contributed by atoms with Gasteiger partial charge < -0.3 is 15.8 Å². The fourth-order valence-corrected chi connectivity index (χ4v) is 3.09. The van der Waals surface area contributed by atoms with E-state index in [2.05, 4.69) is 21.2 Å². The molecule has 1 aromatic heterocycles. The van der Waals surface area contributed by atoms with Gasteiger partial charge in [0.05, 0.1) is 11.3 Å². The Kier molecular flexibility index (Phi) is 7.23. The van der Waals surface area contributed by atoms with Crippen molar-refractivity contribution in [1.82, 2.24) is 15.8 Å². The number of anilines is 1. The molecule has 3 amide bonds. The number of hydrogen-bond acceptors (Lipinski definition) is 6. The number of primary amides is 1. The first kappa shape index (κ1) is 20.8. The second kappa shape index (κ2) is 9.40. The molecule has 0 spiro atoms. The van der Waals surface area contributed by atoms with Crippen LogP contribution in [0.5, 0.6) is 0 Å². The SMILES string of the molecule is CC(C)Nc1cc(Cl)ncc1C(=O)NNC(=O)[C@H]1CC[C@H](OC(N)=O)CC1. The Labute approximate surface area is 162 Å². The van der Waals surface area contributed by atoms with E-state index in [4.69, 9.17) is 22.1 Å². The minimum absolute atomic E-state index is 0.0856. The smallest absolute Gasteiger partial charge is 0.404 e. The maximum Gasteiger partial charge on any atom is 0.404 e. The van der Waals surface area contributed by atoms with E-state index in [1.54, 1.807) is 6.07 Å². The van der Waals surface area contributed by atoms with Gasteiger partial charge in [-0.15, -0.1) is 0 Å². The Morgan fingerprint density at radius 3 is 2.48 bits per heavy atom. The lowest BCUT2D eigenvalue weighted by Gasteiger charge is -2.27. The number of amides is 3. The first-order chi connectivity index (χ1) is 12.8. The topological polar surface area (TPSA) is 135 Å². The zero-order chi connectivity index (χ0) is 20.0. The van der Waals surface area contributed by atoms with Gasteiger partial charge in [0.25, 0.3) is 5.91 Å². The summed E-state index contributed by atoms with van der Waals surface area (Å²) in [4.78, 5) is 39.3. The normalized spacial score (nSPS) is 19.3. The number of hydrazine groups is 1. The molecule has 0 bridgehead atoms. The van der Waals surface area contributed by atoms with Crippen LogP contribution in [0.4, 0.5) is 10.5 Å². The summed E-state index contributed by atoms with van der Waals surface area (Å²) in [6, 6.07) is 1.64. The van der Waals surface area contributed by atoms with Crippen molar-refractivity contribution >= 4 is 35.2 Å². The number of ether oxygens (including phenoxy) is 1. The van der Waals surface area contributed by atoms with Crippen molar-refractivity contribution in [1.29, 1.82) is 0 Å². The van der Waals surface area contributed by atoms with Gasteiger partial charge in [-0.3, -0.25) is 20.4 Å². The number of pyridine rings is 1. The summed E-state index contributed by atoms with van der Waals surface area (Å²) < 4.78 is 4.94. The molecule has 27 heavy (non-hydrogen) atoms. The lowest BCUT2D eigenvalue weighted by molar-refractivity contribution is -0.127. The van der Waals surface area contributed by atoms with Crippen LogP contribution in [0.3, 0.4) is 0 Å². The van der Waals surface area contributed by atoms with Gasteiger partial charge in [-0.1, -0.05) is 11.6 Å². The molecule has 1 aromatic rings. The molecule has 148 valence electrons. The van der Waals surface area contributed by atoms with Crippen LogP contribution in [0.25, 0.3) is 0 Å². The van der Waals surface area contributed by atoms with Crippen molar-refractivity contribution < 1.29 is 19.1 Å². The van der Waals surface area contributed by atoms with Gasteiger partial charge in [-0.05, 0) is 45.6 Å². The van der Waals surface area contributed by atoms with E-state index in [1.165, 1.54) is 6.20 Å². The Bertz CT molecular complexity index is 705. The van der Waals surface area contributed by atoms with Gasteiger partial charge in [0.1, 0.15) is 11.3 Å². The van der Waals surface area contributed by atoms with Crippen molar-refractivity contribution in [2.24, 2.45) is 11.7 Å². The summed E-state index contributed by atoms with van der Waals surface area (Å²) in [6.45, 7) is 3.85.